The molecular formula is C15H9N3O. The molecule has 2 heterocycles. The van der Waals surface area contributed by atoms with Crippen molar-refractivity contribution in [2.24, 2.45) is 0 Å². The van der Waals surface area contributed by atoms with Crippen LogP contribution in [-0.2, 0) is 0 Å². The van der Waals surface area contributed by atoms with Gasteiger partial charge >= 0.3 is 0 Å². The minimum Gasteiger partial charge on any atom is -0.327 e. The lowest BCUT2D eigenvalue weighted by molar-refractivity contribution is 1.22. The summed E-state index contributed by atoms with van der Waals surface area (Å²) >= 11 is 0. The number of nitrogens with one attached hydrogen (secondary N) is 1. The topological polar surface area (TPSA) is 69.5 Å². The van der Waals surface area contributed by atoms with Gasteiger partial charge in [0.2, 0.25) is 0 Å². The fraction of sp³-hybridized carbons (Fsp3) is 0. The molecule has 4 heteroatoms. The van der Waals surface area contributed by atoms with Crippen LogP contribution in [0.4, 0.5) is 0 Å². The largest absolute Gasteiger partial charge is 0.327 e. The average Bonchev–Trinajstić information content (AvgIpc) is 2.47. The number of hydrogen-bond acceptors (Lipinski definition) is 3. The standard InChI is InChI=1S/C15H9N3O/c16-8-10-7-11(9-18-15(10)19)12-5-6-17-14-4-2-1-3-13(12)14/h1-7,9H,(H,18,19). The number of nitriles is 1. The van der Waals surface area contributed by atoms with Crippen molar-refractivity contribution in [2.45, 2.75) is 0 Å². The molecule has 0 radical (unpaired) electrons. The van der Waals surface area contributed by atoms with Crippen molar-refractivity contribution in [3.8, 4) is 17.2 Å². The minimum atomic E-state index is -0.371. The fourth-order valence-corrected chi connectivity index (χ4v) is 2.07. The van der Waals surface area contributed by atoms with Crippen LogP contribution in [0.2, 0.25) is 0 Å². The molecule has 0 aliphatic heterocycles. The van der Waals surface area contributed by atoms with Crippen LogP contribution >= 0.6 is 0 Å². The molecule has 4 nitrogen and oxygen atoms in total. The second kappa shape index (κ2) is 4.39. The zero-order valence-electron chi connectivity index (χ0n) is 9.92. The van der Waals surface area contributed by atoms with Gasteiger partial charge in [-0.2, -0.15) is 5.26 Å². The van der Waals surface area contributed by atoms with Crippen molar-refractivity contribution in [1.29, 1.82) is 5.26 Å². The number of H-pyrrole nitrogens is 1. The molecule has 0 saturated carbocycles. The van der Waals surface area contributed by atoms with Crippen LogP contribution in [0.5, 0.6) is 0 Å². The molecule has 0 aliphatic carbocycles. The smallest absolute Gasteiger partial charge is 0.265 e. The normalized spacial score (nSPS) is 10.3. The highest BCUT2D eigenvalue weighted by Crippen LogP contribution is 2.26. The van der Waals surface area contributed by atoms with E-state index >= 15 is 0 Å². The number of aromatic amines is 1. The Hall–Kier alpha value is -2.93. The SMILES string of the molecule is N#Cc1cc(-c2ccnc3ccccc23)c[nH]c1=O. The summed E-state index contributed by atoms with van der Waals surface area (Å²) in [5, 5.41) is 9.91. The third kappa shape index (κ3) is 1.87. The number of fused-ring (bicyclic) bond motifs is 1. The van der Waals surface area contributed by atoms with E-state index in [1.165, 1.54) is 0 Å². The maximum absolute atomic E-state index is 11.4. The van der Waals surface area contributed by atoms with Gasteiger partial charge in [0, 0.05) is 23.3 Å². The van der Waals surface area contributed by atoms with E-state index in [0.29, 0.717) is 0 Å². The molecule has 0 saturated heterocycles. The summed E-state index contributed by atoms with van der Waals surface area (Å²) in [6.45, 7) is 0. The first kappa shape index (κ1) is 11.2. The van der Waals surface area contributed by atoms with Crippen LogP contribution in [0.1, 0.15) is 5.56 Å². The molecule has 1 N–H and O–H groups in total. The first-order chi connectivity index (χ1) is 9.29. The molecule has 3 rings (SSSR count). The Labute approximate surface area is 109 Å². The number of pyridine rings is 2. The number of hydrogen-bond donors (Lipinski definition) is 1. The monoisotopic (exact) mass is 247 g/mol. The van der Waals surface area contributed by atoms with Gasteiger partial charge in [0.1, 0.15) is 11.6 Å². The van der Waals surface area contributed by atoms with E-state index in [2.05, 4.69) is 9.97 Å². The van der Waals surface area contributed by atoms with Gasteiger partial charge in [-0.1, -0.05) is 18.2 Å². The van der Waals surface area contributed by atoms with Gasteiger partial charge in [0.15, 0.2) is 0 Å². The molecule has 0 unspecified atom stereocenters. The van der Waals surface area contributed by atoms with Gasteiger partial charge < -0.3 is 4.98 Å². The quantitative estimate of drug-likeness (QED) is 0.718. The molecule has 0 atom stereocenters. The molecule has 90 valence electrons. The maximum Gasteiger partial charge on any atom is 0.265 e. The lowest BCUT2D eigenvalue weighted by Gasteiger charge is -2.05. The summed E-state index contributed by atoms with van der Waals surface area (Å²) in [6.07, 6.45) is 3.33. The van der Waals surface area contributed by atoms with E-state index < -0.39 is 0 Å². The minimum absolute atomic E-state index is 0.110. The summed E-state index contributed by atoms with van der Waals surface area (Å²) < 4.78 is 0. The van der Waals surface area contributed by atoms with Crippen molar-refractivity contribution in [3.05, 3.63) is 64.7 Å². The molecule has 3 aromatic rings. The van der Waals surface area contributed by atoms with Crippen molar-refractivity contribution in [3.63, 3.8) is 0 Å². The summed E-state index contributed by atoms with van der Waals surface area (Å²) in [4.78, 5) is 18.3. The molecule has 0 bridgehead atoms. The lowest BCUT2D eigenvalue weighted by atomic mass is 10.0. The highest BCUT2D eigenvalue weighted by Gasteiger charge is 2.06. The van der Waals surface area contributed by atoms with Crippen LogP contribution in [0.15, 0.2) is 53.6 Å². The molecule has 0 amide bonds. The second-order valence-corrected chi connectivity index (χ2v) is 4.12. The predicted molar refractivity (Wildman–Crippen MR) is 72.5 cm³/mol. The fourth-order valence-electron chi connectivity index (χ4n) is 2.07. The summed E-state index contributed by atoms with van der Waals surface area (Å²) in [5.74, 6) is 0. The number of nitrogens with zero attached hydrogens (tertiary/aromatic N) is 2. The molecule has 0 spiro atoms. The Kier molecular flexibility index (Phi) is 2.58. The van der Waals surface area contributed by atoms with Gasteiger partial charge in [-0.25, -0.2) is 0 Å². The third-order valence-corrected chi connectivity index (χ3v) is 2.98. The van der Waals surface area contributed by atoms with Gasteiger partial charge in [-0.3, -0.25) is 9.78 Å². The Balaban J connectivity index is 2.31. The van der Waals surface area contributed by atoms with Crippen LogP contribution in [0, 0.1) is 11.3 Å². The zero-order valence-corrected chi connectivity index (χ0v) is 9.92. The van der Waals surface area contributed by atoms with Gasteiger partial charge in [-0.15, -0.1) is 0 Å². The summed E-state index contributed by atoms with van der Waals surface area (Å²) in [6, 6.07) is 13.1. The van der Waals surface area contributed by atoms with Crippen molar-refractivity contribution < 1.29 is 0 Å². The first-order valence-electron chi connectivity index (χ1n) is 5.76. The zero-order chi connectivity index (χ0) is 13.2. The van der Waals surface area contributed by atoms with E-state index in [0.717, 1.165) is 22.0 Å². The van der Waals surface area contributed by atoms with E-state index in [-0.39, 0.29) is 11.1 Å². The average molecular weight is 247 g/mol. The highest BCUT2D eigenvalue weighted by molar-refractivity contribution is 5.94. The Morgan fingerprint density at radius 2 is 2.05 bits per heavy atom. The van der Waals surface area contributed by atoms with E-state index in [1.807, 2.05) is 36.4 Å². The number of para-hydroxylation sites is 1. The number of rotatable bonds is 1. The van der Waals surface area contributed by atoms with Crippen LogP contribution in [0.3, 0.4) is 0 Å². The number of benzene rings is 1. The van der Waals surface area contributed by atoms with Crippen molar-refractivity contribution >= 4 is 10.9 Å². The molecule has 19 heavy (non-hydrogen) atoms. The Bertz CT molecular complexity index is 854. The van der Waals surface area contributed by atoms with Crippen molar-refractivity contribution in [1.82, 2.24) is 9.97 Å². The first-order valence-corrected chi connectivity index (χ1v) is 5.76. The summed E-state index contributed by atoms with van der Waals surface area (Å²) in [7, 11) is 0. The van der Waals surface area contributed by atoms with E-state index in [4.69, 9.17) is 5.26 Å². The van der Waals surface area contributed by atoms with Crippen LogP contribution in [0.25, 0.3) is 22.0 Å². The molecule has 0 aliphatic rings. The van der Waals surface area contributed by atoms with Crippen LogP contribution in [-0.4, -0.2) is 9.97 Å². The van der Waals surface area contributed by atoms with Gasteiger partial charge in [0.05, 0.1) is 5.52 Å². The molecule has 0 fully saturated rings. The van der Waals surface area contributed by atoms with Gasteiger partial charge in [0.25, 0.3) is 5.56 Å². The maximum atomic E-state index is 11.4. The molecule has 1 aromatic carbocycles. The molecular weight excluding hydrogens is 238 g/mol. The predicted octanol–water partition coefficient (Wildman–Crippen LogP) is 2.46. The Morgan fingerprint density at radius 3 is 2.89 bits per heavy atom. The van der Waals surface area contributed by atoms with Crippen LogP contribution < -0.4 is 5.56 Å². The third-order valence-electron chi connectivity index (χ3n) is 2.98. The molecule has 2 aromatic heterocycles. The van der Waals surface area contributed by atoms with Gasteiger partial charge in [-0.05, 0) is 23.8 Å². The highest BCUT2D eigenvalue weighted by atomic mass is 16.1. The van der Waals surface area contributed by atoms with Crippen molar-refractivity contribution in [2.75, 3.05) is 0 Å². The van der Waals surface area contributed by atoms with E-state index in [1.54, 1.807) is 18.5 Å². The lowest BCUT2D eigenvalue weighted by Crippen LogP contribution is -2.08. The Morgan fingerprint density at radius 1 is 1.21 bits per heavy atom. The summed E-state index contributed by atoms with van der Waals surface area (Å²) in [5.41, 5.74) is 2.36. The second-order valence-electron chi connectivity index (χ2n) is 4.12. The van der Waals surface area contributed by atoms with E-state index in [9.17, 15) is 4.79 Å². The number of aromatic nitrogens is 2.